The van der Waals surface area contributed by atoms with Crippen molar-refractivity contribution in [1.82, 2.24) is 9.97 Å². The van der Waals surface area contributed by atoms with Gasteiger partial charge < -0.3 is 0 Å². The Kier molecular flexibility index (Phi) is 5.69. The number of rotatable bonds is 5. The Bertz CT molecular complexity index is 1070. The molecule has 0 aliphatic heterocycles. The summed E-state index contributed by atoms with van der Waals surface area (Å²) in [7, 11) is 0. The smallest absolute Gasteiger partial charge is 0.288 e. The molecule has 0 fully saturated rings. The number of nitriles is 1. The lowest BCUT2D eigenvalue weighted by atomic mass is 10.0. The standard InChI is InChI=1S/C21H13F4N3O/c22-18-7-6-15(9-17(18)21(23,24)25)20(29)16-11-27-19(28-12-16)8-5-13-1-3-14(10-26)4-2-13/h1-4,6-7,9,11-12H,5,8H2. The molecule has 0 aliphatic carbocycles. The maximum atomic E-state index is 13.4. The van der Waals surface area contributed by atoms with Gasteiger partial charge in [0.1, 0.15) is 11.6 Å². The molecule has 0 N–H and O–H groups in total. The average Bonchev–Trinajstić information content (AvgIpc) is 2.72. The van der Waals surface area contributed by atoms with Crippen LogP contribution in [0.2, 0.25) is 0 Å². The summed E-state index contributed by atoms with van der Waals surface area (Å²) in [5.41, 5.74) is -0.246. The second-order valence-electron chi connectivity index (χ2n) is 6.22. The molecule has 3 aromatic rings. The molecule has 146 valence electrons. The van der Waals surface area contributed by atoms with Crippen LogP contribution >= 0.6 is 0 Å². The lowest BCUT2D eigenvalue weighted by molar-refractivity contribution is -0.140. The van der Waals surface area contributed by atoms with Gasteiger partial charge in [-0.25, -0.2) is 14.4 Å². The van der Waals surface area contributed by atoms with Crippen molar-refractivity contribution in [1.29, 1.82) is 5.26 Å². The Balaban J connectivity index is 1.71. The number of hydrogen-bond acceptors (Lipinski definition) is 4. The van der Waals surface area contributed by atoms with Crippen molar-refractivity contribution in [2.24, 2.45) is 0 Å². The van der Waals surface area contributed by atoms with Crippen molar-refractivity contribution in [2.45, 2.75) is 19.0 Å². The minimum absolute atomic E-state index is 0.00635. The van der Waals surface area contributed by atoms with E-state index < -0.39 is 23.3 Å². The topological polar surface area (TPSA) is 66.6 Å². The molecule has 1 heterocycles. The Morgan fingerprint density at radius 2 is 1.62 bits per heavy atom. The highest BCUT2D eigenvalue weighted by Crippen LogP contribution is 2.32. The van der Waals surface area contributed by atoms with E-state index in [2.05, 4.69) is 9.97 Å². The molecule has 0 atom stereocenters. The van der Waals surface area contributed by atoms with Gasteiger partial charge in [0, 0.05) is 24.4 Å². The zero-order valence-corrected chi connectivity index (χ0v) is 14.9. The molecule has 2 aromatic carbocycles. The molecular formula is C21H13F4N3O. The van der Waals surface area contributed by atoms with Crippen LogP contribution in [-0.2, 0) is 19.0 Å². The first kappa shape index (κ1) is 20.1. The summed E-state index contributed by atoms with van der Waals surface area (Å²) >= 11 is 0. The first-order chi connectivity index (χ1) is 13.8. The molecule has 0 spiro atoms. The van der Waals surface area contributed by atoms with Crippen LogP contribution < -0.4 is 0 Å². The molecule has 8 heteroatoms. The van der Waals surface area contributed by atoms with Gasteiger partial charge >= 0.3 is 6.18 Å². The highest BCUT2D eigenvalue weighted by Gasteiger charge is 2.34. The van der Waals surface area contributed by atoms with E-state index in [-0.39, 0.29) is 11.1 Å². The van der Waals surface area contributed by atoms with Crippen LogP contribution in [0.5, 0.6) is 0 Å². The van der Waals surface area contributed by atoms with Crippen LogP contribution in [0.1, 0.15) is 38.4 Å². The summed E-state index contributed by atoms with van der Waals surface area (Å²) in [5, 5.41) is 8.79. The molecule has 0 saturated heterocycles. The molecule has 0 unspecified atom stereocenters. The molecule has 0 aliphatic rings. The summed E-state index contributed by atoms with van der Waals surface area (Å²) in [6.45, 7) is 0. The van der Waals surface area contributed by atoms with E-state index in [1.807, 2.05) is 18.2 Å². The quantitative estimate of drug-likeness (QED) is 0.467. The number of carbonyl (C=O) groups is 1. The Morgan fingerprint density at radius 1 is 0.966 bits per heavy atom. The van der Waals surface area contributed by atoms with Gasteiger partial charge in [0.05, 0.1) is 22.8 Å². The van der Waals surface area contributed by atoms with Gasteiger partial charge in [0.25, 0.3) is 0 Å². The third-order valence-electron chi connectivity index (χ3n) is 4.22. The van der Waals surface area contributed by atoms with Crippen molar-refractivity contribution in [3.63, 3.8) is 0 Å². The van der Waals surface area contributed by atoms with Crippen molar-refractivity contribution < 1.29 is 22.4 Å². The van der Waals surface area contributed by atoms with E-state index in [1.54, 1.807) is 12.1 Å². The third kappa shape index (κ3) is 4.82. The van der Waals surface area contributed by atoms with Crippen LogP contribution in [0.25, 0.3) is 0 Å². The zero-order valence-electron chi connectivity index (χ0n) is 14.9. The Hall–Kier alpha value is -3.60. The fraction of sp³-hybridized carbons (Fsp3) is 0.143. The van der Waals surface area contributed by atoms with Gasteiger partial charge in [0.2, 0.25) is 0 Å². The predicted octanol–water partition coefficient (Wildman–Crippen LogP) is 4.52. The number of hydrogen-bond donors (Lipinski definition) is 0. The minimum atomic E-state index is -4.90. The molecule has 29 heavy (non-hydrogen) atoms. The molecule has 0 bridgehead atoms. The maximum Gasteiger partial charge on any atom is 0.419 e. The Labute approximate surface area is 163 Å². The van der Waals surface area contributed by atoms with Crippen LogP contribution in [0.3, 0.4) is 0 Å². The lowest BCUT2D eigenvalue weighted by Crippen LogP contribution is -2.11. The Morgan fingerprint density at radius 3 is 2.21 bits per heavy atom. The van der Waals surface area contributed by atoms with Gasteiger partial charge in [-0.05, 0) is 42.3 Å². The van der Waals surface area contributed by atoms with E-state index in [4.69, 9.17) is 5.26 Å². The van der Waals surface area contributed by atoms with Gasteiger partial charge in [-0.2, -0.15) is 18.4 Å². The van der Waals surface area contributed by atoms with Crippen LogP contribution in [0.15, 0.2) is 54.9 Å². The van der Waals surface area contributed by atoms with Crippen molar-refractivity contribution in [3.05, 3.63) is 94.3 Å². The van der Waals surface area contributed by atoms with Crippen molar-refractivity contribution in [3.8, 4) is 6.07 Å². The number of aromatic nitrogens is 2. The number of aryl methyl sites for hydroxylation is 2. The van der Waals surface area contributed by atoms with E-state index in [1.165, 1.54) is 12.4 Å². The fourth-order valence-corrected chi connectivity index (χ4v) is 2.65. The van der Waals surface area contributed by atoms with E-state index >= 15 is 0 Å². The number of halogens is 4. The number of benzene rings is 2. The summed E-state index contributed by atoms with van der Waals surface area (Å²) in [6.07, 6.45) is -1.33. The van der Waals surface area contributed by atoms with E-state index in [0.29, 0.717) is 36.4 Å². The van der Waals surface area contributed by atoms with Gasteiger partial charge in [-0.15, -0.1) is 0 Å². The van der Waals surface area contributed by atoms with E-state index in [9.17, 15) is 22.4 Å². The highest BCUT2D eigenvalue weighted by atomic mass is 19.4. The van der Waals surface area contributed by atoms with Crippen molar-refractivity contribution >= 4 is 5.78 Å². The van der Waals surface area contributed by atoms with Crippen molar-refractivity contribution in [2.75, 3.05) is 0 Å². The zero-order chi connectivity index (χ0) is 21.0. The molecular weight excluding hydrogens is 386 g/mol. The van der Waals surface area contributed by atoms with Gasteiger partial charge in [-0.3, -0.25) is 4.79 Å². The number of alkyl halides is 3. The van der Waals surface area contributed by atoms with Gasteiger partial charge in [0.15, 0.2) is 5.78 Å². The summed E-state index contributed by atoms with van der Waals surface area (Å²) in [6, 6.07) is 11.2. The first-order valence-electron chi connectivity index (χ1n) is 8.49. The summed E-state index contributed by atoms with van der Waals surface area (Å²) in [4.78, 5) is 20.6. The summed E-state index contributed by atoms with van der Waals surface area (Å²) in [5.74, 6) is -1.71. The average molecular weight is 399 g/mol. The summed E-state index contributed by atoms with van der Waals surface area (Å²) < 4.78 is 51.8. The monoisotopic (exact) mass is 399 g/mol. The normalized spacial score (nSPS) is 11.1. The number of nitrogens with zero attached hydrogens (tertiary/aromatic N) is 3. The lowest BCUT2D eigenvalue weighted by Gasteiger charge is -2.09. The van der Waals surface area contributed by atoms with Gasteiger partial charge in [-0.1, -0.05) is 12.1 Å². The number of carbonyl (C=O) groups excluding carboxylic acids is 1. The molecule has 3 rings (SSSR count). The third-order valence-corrected chi connectivity index (χ3v) is 4.22. The largest absolute Gasteiger partial charge is 0.419 e. The fourth-order valence-electron chi connectivity index (χ4n) is 2.65. The highest BCUT2D eigenvalue weighted by molar-refractivity contribution is 6.08. The predicted molar refractivity (Wildman–Crippen MR) is 95.4 cm³/mol. The minimum Gasteiger partial charge on any atom is -0.288 e. The SMILES string of the molecule is N#Cc1ccc(CCc2ncc(C(=O)c3ccc(F)c(C(F)(F)F)c3)cn2)cc1. The number of ketones is 1. The molecule has 0 amide bonds. The molecule has 0 radical (unpaired) electrons. The molecule has 4 nitrogen and oxygen atoms in total. The van der Waals surface area contributed by atoms with E-state index in [0.717, 1.165) is 11.6 Å². The molecule has 1 aromatic heterocycles. The second kappa shape index (κ2) is 8.19. The molecule has 0 saturated carbocycles. The van der Waals surface area contributed by atoms with Crippen LogP contribution in [0, 0.1) is 17.1 Å². The van der Waals surface area contributed by atoms with Crippen LogP contribution in [0.4, 0.5) is 17.6 Å². The van der Waals surface area contributed by atoms with Crippen LogP contribution in [-0.4, -0.2) is 15.8 Å². The first-order valence-corrected chi connectivity index (χ1v) is 8.49. The second-order valence-corrected chi connectivity index (χ2v) is 6.22. The maximum absolute atomic E-state index is 13.4.